The molecule has 1 amide bonds. The van der Waals surface area contributed by atoms with E-state index in [2.05, 4.69) is 4.98 Å². The Morgan fingerprint density at radius 3 is 2.41 bits per heavy atom. The Hall–Kier alpha value is -3.02. The van der Waals surface area contributed by atoms with Crippen LogP contribution >= 0.6 is 0 Å². The zero-order valence-corrected chi connectivity index (χ0v) is 14.6. The van der Waals surface area contributed by atoms with Gasteiger partial charge >= 0.3 is 0 Å². The third-order valence-electron chi connectivity index (χ3n) is 4.80. The summed E-state index contributed by atoms with van der Waals surface area (Å²) in [4.78, 5) is 18.3. The lowest BCUT2D eigenvalue weighted by Gasteiger charge is -2.32. The fourth-order valence-corrected chi connectivity index (χ4v) is 3.39. The van der Waals surface area contributed by atoms with Gasteiger partial charge in [-0.3, -0.25) is 9.78 Å². The van der Waals surface area contributed by atoms with Gasteiger partial charge in [0.1, 0.15) is 34.6 Å². The molecule has 1 fully saturated rings. The number of piperidine rings is 1. The highest BCUT2D eigenvalue weighted by molar-refractivity contribution is 5.94. The van der Waals surface area contributed by atoms with Crippen molar-refractivity contribution in [3.63, 3.8) is 0 Å². The first-order chi connectivity index (χ1) is 13.1. The first-order valence-corrected chi connectivity index (χ1v) is 8.87. The van der Waals surface area contributed by atoms with Crippen molar-refractivity contribution in [1.29, 1.82) is 0 Å². The minimum atomic E-state index is -0.833. The van der Waals surface area contributed by atoms with Crippen molar-refractivity contribution in [2.75, 3.05) is 13.1 Å². The molecule has 27 heavy (non-hydrogen) atoms. The molecule has 0 radical (unpaired) electrons. The van der Waals surface area contributed by atoms with Gasteiger partial charge in [-0.1, -0.05) is 24.3 Å². The number of carbonyl (C=O) groups excluding carboxylic acids is 1. The van der Waals surface area contributed by atoms with Crippen LogP contribution in [0.5, 0.6) is 5.75 Å². The first kappa shape index (κ1) is 17.4. The average molecular weight is 368 g/mol. The molecule has 138 valence electrons. The molecule has 0 N–H and O–H groups in total. The maximum Gasteiger partial charge on any atom is 0.259 e. The summed E-state index contributed by atoms with van der Waals surface area (Å²) in [5.74, 6) is -1.57. The van der Waals surface area contributed by atoms with E-state index in [1.54, 1.807) is 6.20 Å². The number of halogens is 2. The van der Waals surface area contributed by atoms with Crippen molar-refractivity contribution in [3.8, 4) is 5.75 Å². The Balaban J connectivity index is 1.44. The van der Waals surface area contributed by atoms with Gasteiger partial charge < -0.3 is 9.64 Å². The number of fused-ring (bicyclic) bond motifs is 1. The van der Waals surface area contributed by atoms with Crippen LogP contribution in [0, 0.1) is 11.6 Å². The lowest BCUT2D eigenvalue weighted by Crippen LogP contribution is -2.42. The molecule has 0 spiro atoms. The van der Waals surface area contributed by atoms with E-state index in [4.69, 9.17) is 4.74 Å². The van der Waals surface area contributed by atoms with Crippen LogP contribution < -0.4 is 4.74 Å². The highest BCUT2D eigenvalue weighted by atomic mass is 19.1. The Kier molecular flexibility index (Phi) is 4.71. The number of pyridine rings is 1. The second-order valence-corrected chi connectivity index (χ2v) is 6.54. The molecule has 0 saturated carbocycles. The van der Waals surface area contributed by atoms with E-state index in [-0.39, 0.29) is 6.10 Å². The highest BCUT2D eigenvalue weighted by Gasteiger charge is 2.28. The molecule has 1 saturated heterocycles. The minimum Gasteiger partial charge on any atom is -0.488 e. The van der Waals surface area contributed by atoms with E-state index in [1.807, 2.05) is 30.3 Å². The SMILES string of the molecule is O=C(c1c(F)cccc1F)N1CCC(Oc2cccc3cccnc23)CC1. The Bertz CT molecular complexity index is 959. The van der Waals surface area contributed by atoms with Crippen molar-refractivity contribution in [1.82, 2.24) is 9.88 Å². The summed E-state index contributed by atoms with van der Waals surface area (Å²) in [6, 6.07) is 13.1. The van der Waals surface area contributed by atoms with Gasteiger partial charge in [0.2, 0.25) is 0 Å². The summed E-state index contributed by atoms with van der Waals surface area (Å²) < 4.78 is 33.8. The molecule has 4 rings (SSSR count). The van der Waals surface area contributed by atoms with Crippen LogP contribution in [0.3, 0.4) is 0 Å². The van der Waals surface area contributed by atoms with Crippen molar-refractivity contribution < 1.29 is 18.3 Å². The van der Waals surface area contributed by atoms with Gasteiger partial charge in [-0.25, -0.2) is 8.78 Å². The number of amides is 1. The number of para-hydroxylation sites is 1. The lowest BCUT2D eigenvalue weighted by atomic mass is 10.1. The van der Waals surface area contributed by atoms with E-state index in [0.29, 0.717) is 31.7 Å². The van der Waals surface area contributed by atoms with Crippen LogP contribution in [0.4, 0.5) is 8.78 Å². The number of aromatic nitrogens is 1. The molecule has 2 heterocycles. The molecule has 0 aliphatic carbocycles. The summed E-state index contributed by atoms with van der Waals surface area (Å²) in [7, 11) is 0. The second-order valence-electron chi connectivity index (χ2n) is 6.54. The van der Waals surface area contributed by atoms with E-state index < -0.39 is 23.1 Å². The first-order valence-electron chi connectivity index (χ1n) is 8.87. The van der Waals surface area contributed by atoms with Crippen LogP contribution in [0.15, 0.2) is 54.7 Å². The van der Waals surface area contributed by atoms with Crippen LogP contribution in [-0.2, 0) is 0 Å². The van der Waals surface area contributed by atoms with Crippen LogP contribution in [0.25, 0.3) is 10.9 Å². The van der Waals surface area contributed by atoms with E-state index in [0.717, 1.165) is 23.0 Å². The lowest BCUT2D eigenvalue weighted by molar-refractivity contribution is 0.0589. The largest absolute Gasteiger partial charge is 0.488 e. The molecule has 2 aromatic carbocycles. The van der Waals surface area contributed by atoms with Crippen molar-refractivity contribution in [3.05, 3.63) is 71.9 Å². The van der Waals surface area contributed by atoms with Crippen LogP contribution in [0.2, 0.25) is 0 Å². The zero-order chi connectivity index (χ0) is 18.8. The van der Waals surface area contributed by atoms with E-state index >= 15 is 0 Å². The third-order valence-corrected chi connectivity index (χ3v) is 4.80. The van der Waals surface area contributed by atoms with Crippen molar-refractivity contribution in [2.45, 2.75) is 18.9 Å². The van der Waals surface area contributed by atoms with E-state index in [9.17, 15) is 13.6 Å². The number of nitrogens with zero attached hydrogens (tertiary/aromatic N) is 2. The van der Waals surface area contributed by atoms with Gasteiger partial charge in [0, 0.05) is 37.5 Å². The number of ether oxygens (including phenoxy) is 1. The quantitative estimate of drug-likeness (QED) is 0.696. The summed E-state index contributed by atoms with van der Waals surface area (Å²) in [5.41, 5.74) is 0.307. The minimum absolute atomic E-state index is 0.0767. The standard InChI is InChI=1S/C21H18F2N2O2/c22-16-6-2-7-17(23)19(16)21(26)25-12-9-15(10-13-25)27-18-8-1-4-14-5-3-11-24-20(14)18/h1-8,11,15H,9-10,12-13H2. The fourth-order valence-electron chi connectivity index (χ4n) is 3.39. The maximum absolute atomic E-state index is 13.8. The molecule has 6 heteroatoms. The van der Waals surface area contributed by atoms with Gasteiger partial charge in [0.25, 0.3) is 5.91 Å². The van der Waals surface area contributed by atoms with Gasteiger partial charge in [0.05, 0.1) is 0 Å². The molecule has 1 aliphatic heterocycles. The molecular weight excluding hydrogens is 350 g/mol. The van der Waals surface area contributed by atoms with Gasteiger partial charge in [-0.05, 0) is 24.3 Å². The highest BCUT2D eigenvalue weighted by Crippen LogP contribution is 2.27. The molecular formula is C21H18F2N2O2. The van der Waals surface area contributed by atoms with Crippen LogP contribution in [0.1, 0.15) is 23.2 Å². The Morgan fingerprint density at radius 1 is 1.00 bits per heavy atom. The molecule has 0 atom stereocenters. The summed E-state index contributed by atoms with van der Waals surface area (Å²) >= 11 is 0. The number of benzene rings is 2. The predicted molar refractivity (Wildman–Crippen MR) is 97.7 cm³/mol. The van der Waals surface area contributed by atoms with Gasteiger partial charge in [0.15, 0.2) is 0 Å². The Morgan fingerprint density at radius 2 is 1.67 bits per heavy atom. The maximum atomic E-state index is 13.8. The fraction of sp³-hybridized carbons (Fsp3) is 0.238. The normalized spacial score (nSPS) is 15.1. The molecule has 1 aromatic heterocycles. The summed E-state index contributed by atoms with van der Waals surface area (Å²) in [5, 5.41) is 0.998. The average Bonchev–Trinajstić information content (AvgIpc) is 2.69. The Labute approximate surface area is 155 Å². The summed E-state index contributed by atoms with van der Waals surface area (Å²) in [6.07, 6.45) is 2.82. The molecule has 4 nitrogen and oxygen atoms in total. The van der Waals surface area contributed by atoms with Gasteiger partial charge in [-0.15, -0.1) is 0 Å². The topological polar surface area (TPSA) is 42.4 Å². The number of carbonyl (C=O) groups is 1. The number of hydrogen-bond acceptors (Lipinski definition) is 3. The number of rotatable bonds is 3. The van der Waals surface area contributed by atoms with Gasteiger partial charge in [-0.2, -0.15) is 0 Å². The second kappa shape index (κ2) is 7.31. The smallest absolute Gasteiger partial charge is 0.259 e. The summed E-state index contributed by atoms with van der Waals surface area (Å²) in [6.45, 7) is 0.769. The predicted octanol–water partition coefficient (Wildman–Crippen LogP) is 4.20. The van der Waals surface area contributed by atoms with E-state index in [1.165, 1.54) is 11.0 Å². The van der Waals surface area contributed by atoms with Crippen molar-refractivity contribution in [2.24, 2.45) is 0 Å². The zero-order valence-electron chi connectivity index (χ0n) is 14.6. The molecule has 3 aromatic rings. The molecule has 0 unspecified atom stereocenters. The molecule has 0 bridgehead atoms. The number of likely N-dealkylation sites (tertiary alicyclic amines) is 1. The monoisotopic (exact) mass is 368 g/mol. The third kappa shape index (κ3) is 3.47. The van der Waals surface area contributed by atoms with Crippen molar-refractivity contribution >= 4 is 16.8 Å². The van der Waals surface area contributed by atoms with Crippen LogP contribution in [-0.4, -0.2) is 35.0 Å². The molecule has 1 aliphatic rings. The number of hydrogen-bond donors (Lipinski definition) is 0.